The van der Waals surface area contributed by atoms with Crippen LogP contribution in [-0.2, 0) is 9.59 Å². The van der Waals surface area contributed by atoms with E-state index in [1.54, 1.807) is 17.0 Å². The predicted octanol–water partition coefficient (Wildman–Crippen LogP) is 4.43. The van der Waals surface area contributed by atoms with Crippen LogP contribution < -0.4 is 10.2 Å². The van der Waals surface area contributed by atoms with E-state index in [-0.39, 0.29) is 11.8 Å². The lowest BCUT2D eigenvalue weighted by atomic mass is 10.1. The van der Waals surface area contributed by atoms with Crippen molar-refractivity contribution in [2.24, 2.45) is 0 Å². The lowest BCUT2D eigenvalue weighted by Gasteiger charge is -2.19. The number of carbonyl (C=O) groups excluding carboxylic acids is 2. The van der Waals surface area contributed by atoms with Crippen LogP contribution in [0.4, 0.5) is 11.4 Å². The number of hydrogen-bond donors (Lipinski definition) is 1. The zero-order chi connectivity index (χ0) is 17.8. The van der Waals surface area contributed by atoms with Gasteiger partial charge in [-0.15, -0.1) is 0 Å². The first-order chi connectivity index (χ1) is 12.0. The van der Waals surface area contributed by atoms with Crippen molar-refractivity contribution >= 4 is 40.9 Å². The summed E-state index contributed by atoms with van der Waals surface area (Å²) in [6.45, 7) is 2.69. The van der Waals surface area contributed by atoms with Gasteiger partial charge in [-0.2, -0.15) is 0 Å². The minimum absolute atomic E-state index is 0.130. The second-order valence-corrected chi connectivity index (χ2v) is 6.40. The van der Waals surface area contributed by atoms with Gasteiger partial charge in [-0.25, -0.2) is 0 Å². The number of carbonyl (C=O) groups is 2. The van der Waals surface area contributed by atoms with Crippen molar-refractivity contribution in [2.45, 2.75) is 19.8 Å². The zero-order valence-corrected chi connectivity index (χ0v) is 14.7. The third-order valence-electron chi connectivity index (χ3n) is 4.16. The van der Waals surface area contributed by atoms with Gasteiger partial charge >= 0.3 is 0 Å². The monoisotopic (exact) mass is 354 g/mol. The fourth-order valence-corrected chi connectivity index (χ4v) is 3.04. The van der Waals surface area contributed by atoms with E-state index < -0.39 is 0 Å². The van der Waals surface area contributed by atoms with Gasteiger partial charge < -0.3 is 10.2 Å². The van der Waals surface area contributed by atoms with Gasteiger partial charge in [-0.3, -0.25) is 9.59 Å². The lowest BCUT2D eigenvalue weighted by Crippen LogP contribution is -2.24. The molecule has 0 aliphatic carbocycles. The van der Waals surface area contributed by atoms with Gasteiger partial charge in [-0.05, 0) is 48.7 Å². The molecule has 5 heteroatoms. The SMILES string of the molecule is Cc1ccc(NC(=O)/C=C/c2ccccc2Cl)cc1N1CCCC1=O. The van der Waals surface area contributed by atoms with Gasteiger partial charge in [0.15, 0.2) is 0 Å². The van der Waals surface area contributed by atoms with Gasteiger partial charge in [0.05, 0.1) is 0 Å². The summed E-state index contributed by atoms with van der Waals surface area (Å²) in [5.41, 5.74) is 3.32. The number of nitrogens with zero attached hydrogens (tertiary/aromatic N) is 1. The van der Waals surface area contributed by atoms with Gasteiger partial charge in [0.1, 0.15) is 0 Å². The van der Waals surface area contributed by atoms with Crippen LogP contribution in [0.2, 0.25) is 5.02 Å². The molecule has 2 aromatic rings. The molecule has 1 aliphatic rings. The van der Waals surface area contributed by atoms with Crippen LogP contribution in [0.5, 0.6) is 0 Å². The maximum absolute atomic E-state index is 12.2. The number of aryl methyl sites for hydroxylation is 1. The number of rotatable bonds is 4. The van der Waals surface area contributed by atoms with Crippen LogP contribution in [-0.4, -0.2) is 18.4 Å². The highest BCUT2D eigenvalue weighted by Crippen LogP contribution is 2.28. The quantitative estimate of drug-likeness (QED) is 0.826. The minimum Gasteiger partial charge on any atom is -0.322 e. The molecule has 1 heterocycles. The summed E-state index contributed by atoms with van der Waals surface area (Å²) in [5, 5.41) is 3.42. The van der Waals surface area contributed by atoms with Crippen LogP contribution >= 0.6 is 11.6 Å². The highest BCUT2D eigenvalue weighted by molar-refractivity contribution is 6.32. The Balaban J connectivity index is 1.73. The molecule has 0 unspecified atom stereocenters. The molecule has 1 fully saturated rings. The Morgan fingerprint density at radius 2 is 2.04 bits per heavy atom. The summed E-state index contributed by atoms with van der Waals surface area (Å²) in [5.74, 6) is -0.118. The molecule has 0 aromatic heterocycles. The van der Waals surface area contributed by atoms with Crippen LogP contribution in [0.15, 0.2) is 48.5 Å². The van der Waals surface area contributed by atoms with Gasteiger partial charge in [0.25, 0.3) is 0 Å². The van der Waals surface area contributed by atoms with Gasteiger partial charge in [-0.1, -0.05) is 35.9 Å². The Morgan fingerprint density at radius 1 is 1.24 bits per heavy atom. The molecular weight excluding hydrogens is 336 g/mol. The fraction of sp³-hybridized carbons (Fsp3) is 0.200. The van der Waals surface area contributed by atoms with Crippen molar-refractivity contribution in [3.8, 4) is 0 Å². The summed E-state index contributed by atoms with van der Waals surface area (Å²) < 4.78 is 0. The standard InChI is InChI=1S/C20H19ClN2O2/c1-14-8-10-16(13-18(14)23-12-4-7-20(23)25)22-19(24)11-9-15-5-2-3-6-17(15)21/h2-3,5-6,8-11,13H,4,7,12H2,1H3,(H,22,24)/b11-9+. The Labute approximate surface area is 152 Å². The predicted molar refractivity (Wildman–Crippen MR) is 102 cm³/mol. The molecular formula is C20H19ClN2O2. The molecule has 0 bridgehead atoms. The van der Waals surface area contributed by atoms with Crippen LogP contribution in [0.1, 0.15) is 24.0 Å². The first-order valence-corrected chi connectivity index (χ1v) is 8.57. The Kier molecular flexibility index (Phi) is 5.19. The van der Waals surface area contributed by atoms with Crippen LogP contribution in [0.25, 0.3) is 6.08 Å². The maximum Gasteiger partial charge on any atom is 0.248 e. The number of amides is 2. The van der Waals surface area contributed by atoms with Crippen LogP contribution in [0, 0.1) is 6.92 Å². The van der Waals surface area contributed by atoms with Crippen molar-refractivity contribution in [1.29, 1.82) is 0 Å². The van der Waals surface area contributed by atoms with Crippen molar-refractivity contribution < 1.29 is 9.59 Å². The first-order valence-electron chi connectivity index (χ1n) is 8.19. The second kappa shape index (κ2) is 7.53. The maximum atomic E-state index is 12.2. The van der Waals surface area contributed by atoms with Gasteiger partial charge in [0, 0.05) is 35.4 Å². The number of halogens is 1. The first kappa shape index (κ1) is 17.2. The normalized spacial score (nSPS) is 14.3. The van der Waals surface area contributed by atoms with Crippen molar-refractivity contribution in [2.75, 3.05) is 16.8 Å². The van der Waals surface area contributed by atoms with E-state index in [2.05, 4.69) is 5.32 Å². The molecule has 0 atom stereocenters. The summed E-state index contributed by atoms with van der Waals surface area (Å²) in [7, 11) is 0. The summed E-state index contributed by atoms with van der Waals surface area (Å²) in [6, 6.07) is 12.9. The molecule has 2 aromatic carbocycles. The Hall–Kier alpha value is -2.59. The molecule has 1 saturated heterocycles. The van der Waals surface area contributed by atoms with E-state index in [9.17, 15) is 9.59 Å². The Morgan fingerprint density at radius 3 is 2.76 bits per heavy atom. The van der Waals surface area contributed by atoms with E-state index in [4.69, 9.17) is 11.6 Å². The van der Waals surface area contributed by atoms with E-state index in [0.717, 1.165) is 29.8 Å². The average molecular weight is 355 g/mol. The third kappa shape index (κ3) is 4.09. The van der Waals surface area contributed by atoms with E-state index in [1.165, 1.54) is 6.08 Å². The van der Waals surface area contributed by atoms with Crippen molar-refractivity contribution in [3.63, 3.8) is 0 Å². The third-order valence-corrected chi connectivity index (χ3v) is 4.50. The highest BCUT2D eigenvalue weighted by Gasteiger charge is 2.23. The summed E-state index contributed by atoms with van der Waals surface area (Å²) >= 11 is 6.07. The largest absolute Gasteiger partial charge is 0.322 e. The molecule has 3 rings (SSSR count). The molecule has 1 aliphatic heterocycles. The topological polar surface area (TPSA) is 49.4 Å². The van der Waals surface area contributed by atoms with Gasteiger partial charge in [0.2, 0.25) is 11.8 Å². The molecule has 4 nitrogen and oxygen atoms in total. The van der Waals surface area contributed by atoms with E-state index in [0.29, 0.717) is 17.1 Å². The fourth-order valence-electron chi connectivity index (χ4n) is 2.84. The number of benzene rings is 2. The number of hydrogen-bond acceptors (Lipinski definition) is 2. The van der Waals surface area contributed by atoms with Crippen molar-refractivity contribution in [1.82, 2.24) is 0 Å². The number of nitrogens with one attached hydrogen (secondary N) is 1. The molecule has 2 amide bonds. The summed E-state index contributed by atoms with van der Waals surface area (Å²) in [4.78, 5) is 25.9. The molecule has 25 heavy (non-hydrogen) atoms. The second-order valence-electron chi connectivity index (χ2n) is 5.99. The molecule has 1 N–H and O–H groups in total. The average Bonchev–Trinajstić information content (AvgIpc) is 3.02. The van der Waals surface area contributed by atoms with E-state index >= 15 is 0 Å². The minimum atomic E-state index is -0.248. The Bertz CT molecular complexity index is 845. The molecule has 128 valence electrons. The highest BCUT2D eigenvalue weighted by atomic mass is 35.5. The number of anilines is 2. The molecule has 0 radical (unpaired) electrons. The van der Waals surface area contributed by atoms with Crippen LogP contribution in [0.3, 0.4) is 0 Å². The molecule has 0 saturated carbocycles. The smallest absolute Gasteiger partial charge is 0.248 e. The van der Waals surface area contributed by atoms with E-state index in [1.807, 2.05) is 43.3 Å². The zero-order valence-electron chi connectivity index (χ0n) is 14.0. The summed E-state index contributed by atoms with van der Waals surface area (Å²) in [6.07, 6.45) is 4.57. The lowest BCUT2D eigenvalue weighted by molar-refractivity contribution is -0.117. The van der Waals surface area contributed by atoms with Crippen molar-refractivity contribution in [3.05, 3.63) is 64.7 Å². The molecule has 0 spiro atoms.